The molecule has 2 unspecified atom stereocenters. The highest BCUT2D eigenvalue weighted by atomic mass is 79.9. The van der Waals surface area contributed by atoms with Gasteiger partial charge >= 0.3 is 0 Å². The summed E-state index contributed by atoms with van der Waals surface area (Å²) < 4.78 is 0.987. The van der Waals surface area contributed by atoms with Gasteiger partial charge in [0, 0.05) is 29.7 Å². The third-order valence-electron chi connectivity index (χ3n) is 5.54. The highest BCUT2D eigenvalue weighted by Gasteiger charge is 2.43. The molecule has 3 rings (SSSR count). The third-order valence-corrected chi connectivity index (χ3v) is 6.03. The number of halogens is 1. The Bertz CT molecular complexity index is 922. The van der Waals surface area contributed by atoms with E-state index in [1.54, 1.807) is 0 Å². The molecule has 1 aliphatic carbocycles. The fourth-order valence-electron chi connectivity index (χ4n) is 4.33. The Morgan fingerprint density at radius 1 is 1.07 bits per heavy atom. The largest absolute Gasteiger partial charge is 0.300 e. The molecule has 0 aromatic heterocycles. The zero-order valence-corrected chi connectivity index (χ0v) is 18.1. The van der Waals surface area contributed by atoms with Crippen LogP contribution in [0.25, 0.3) is 0 Å². The summed E-state index contributed by atoms with van der Waals surface area (Å²) in [6.07, 6.45) is 1.38. The van der Waals surface area contributed by atoms with Crippen molar-refractivity contribution in [2.75, 3.05) is 0 Å². The molecule has 0 spiro atoms. The lowest BCUT2D eigenvalue weighted by Gasteiger charge is -2.16. The Morgan fingerprint density at radius 3 is 2.39 bits per heavy atom. The van der Waals surface area contributed by atoms with Crippen LogP contribution in [0.4, 0.5) is 0 Å². The van der Waals surface area contributed by atoms with Gasteiger partial charge in [0.15, 0.2) is 5.78 Å². The van der Waals surface area contributed by atoms with Crippen LogP contribution in [0.5, 0.6) is 0 Å². The maximum atomic E-state index is 13.0. The average molecular weight is 441 g/mol. The second-order valence-corrected chi connectivity index (χ2v) is 8.80. The molecule has 0 bridgehead atoms. The minimum absolute atomic E-state index is 0.0455. The van der Waals surface area contributed by atoms with Crippen LogP contribution in [0, 0.1) is 26.7 Å². The van der Waals surface area contributed by atoms with E-state index in [0.29, 0.717) is 12.8 Å². The van der Waals surface area contributed by atoms with Gasteiger partial charge in [0.05, 0.1) is 0 Å². The predicted octanol–water partition coefficient (Wildman–Crippen LogP) is 5.21. The highest BCUT2D eigenvalue weighted by molar-refractivity contribution is 9.10. The highest BCUT2D eigenvalue weighted by Crippen LogP contribution is 2.37. The Balaban J connectivity index is 1.67. The van der Waals surface area contributed by atoms with Crippen molar-refractivity contribution >= 4 is 33.3 Å². The molecule has 1 saturated carbocycles. The molecule has 4 heteroatoms. The van der Waals surface area contributed by atoms with Crippen LogP contribution in [0.3, 0.4) is 0 Å². The molecule has 0 heterocycles. The molecular formula is C24H25BrO3. The molecule has 1 fully saturated rings. The van der Waals surface area contributed by atoms with Crippen molar-refractivity contribution in [3.8, 4) is 0 Å². The summed E-state index contributed by atoms with van der Waals surface area (Å²) in [5.41, 5.74) is 5.00. The van der Waals surface area contributed by atoms with Crippen molar-refractivity contribution in [2.24, 2.45) is 5.92 Å². The lowest BCUT2D eigenvalue weighted by Crippen LogP contribution is -2.19. The third kappa shape index (κ3) is 4.49. The molecule has 3 nitrogen and oxygen atoms in total. The summed E-state index contributed by atoms with van der Waals surface area (Å²) in [7, 11) is 0. The van der Waals surface area contributed by atoms with E-state index in [9.17, 15) is 14.4 Å². The number of aryl methyl sites for hydroxylation is 4. The predicted molar refractivity (Wildman–Crippen MR) is 114 cm³/mol. The van der Waals surface area contributed by atoms with Crippen LogP contribution in [0.15, 0.2) is 40.9 Å². The summed E-state index contributed by atoms with van der Waals surface area (Å²) in [4.78, 5) is 38.1. The summed E-state index contributed by atoms with van der Waals surface area (Å²) in [5, 5.41) is 0. The van der Waals surface area contributed by atoms with Crippen LogP contribution in [0.1, 0.15) is 53.0 Å². The first kappa shape index (κ1) is 20.7. The van der Waals surface area contributed by atoms with E-state index in [1.807, 2.05) is 57.2 Å². The first-order chi connectivity index (χ1) is 13.3. The van der Waals surface area contributed by atoms with E-state index in [1.165, 1.54) is 0 Å². The van der Waals surface area contributed by atoms with E-state index in [4.69, 9.17) is 0 Å². The summed E-state index contributed by atoms with van der Waals surface area (Å²) in [6.45, 7) is 5.91. The smallest absolute Gasteiger partial charge is 0.151 e. The second-order valence-electron chi connectivity index (χ2n) is 7.89. The quantitative estimate of drug-likeness (QED) is 0.579. The number of rotatable bonds is 6. The zero-order chi connectivity index (χ0) is 20.4. The molecule has 2 aromatic carbocycles. The Labute approximate surface area is 174 Å². The van der Waals surface area contributed by atoms with Gasteiger partial charge in [-0.3, -0.25) is 14.4 Å². The number of carbonyl (C=O) groups is 3. The number of hydrogen-bond donors (Lipinski definition) is 0. The van der Waals surface area contributed by atoms with Gasteiger partial charge in [-0.05, 0) is 61.6 Å². The van der Waals surface area contributed by atoms with Gasteiger partial charge < -0.3 is 0 Å². The lowest BCUT2D eigenvalue weighted by molar-refractivity contribution is -0.127. The molecule has 0 N–H and O–H groups in total. The first-order valence-corrected chi connectivity index (χ1v) is 10.5. The number of benzene rings is 2. The molecule has 2 aromatic rings. The monoisotopic (exact) mass is 440 g/mol. The fourth-order valence-corrected chi connectivity index (χ4v) is 4.78. The van der Waals surface area contributed by atoms with Gasteiger partial charge in [-0.25, -0.2) is 0 Å². The topological polar surface area (TPSA) is 51.2 Å². The van der Waals surface area contributed by atoms with Crippen molar-refractivity contribution in [2.45, 2.75) is 52.4 Å². The molecular weight excluding hydrogens is 416 g/mol. The molecule has 0 aliphatic heterocycles. The Kier molecular flexibility index (Phi) is 6.29. The number of ketones is 3. The first-order valence-electron chi connectivity index (χ1n) is 9.66. The molecule has 0 radical (unpaired) electrons. The van der Waals surface area contributed by atoms with Crippen LogP contribution >= 0.6 is 15.9 Å². The van der Waals surface area contributed by atoms with Crippen LogP contribution in [-0.4, -0.2) is 17.3 Å². The maximum absolute atomic E-state index is 13.0. The van der Waals surface area contributed by atoms with Gasteiger partial charge in [-0.15, -0.1) is 0 Å². The Hall–Kier alpha value is -2.07. The zero-order valence-electron chi connectivity index (χ0n) is 16.5. The Morgan fingerprint density at radius 2 is 1.75 bits per heavy atom. The van der Waals surface area contributed by atoms with Gasteiger partial charge in [0.1, 0.15) is 17.5 Å². The van der Waals surface area contributed by atoms with Crippen molar-refractivity contribution < 1.29 is 14.4 Å². The molecule has 0 amide bonds. The average Bonchev–Trinajstić information content (AvgIpc) is 2.87. The second kappa shape index (κ2) is 8.52. The minimum atomic E-state index is -0.705. The fraction of sp³-hybridized carbons (Fsp3) is 0.375. The van der Waals surface area contributed by atoms with Crippen LogP contribution in [0.2, 0.25) is 0 Å². The SMILES string of the molecule is Cc1cc(C)c(C2C(=O)CC(CC(=O)CCc3cccc(Br)c3)C2=O)c(C)c1. The summed E-state index contributed by atoms with van der Waals surface area (Å²) >= 11 is 3.43. The van der Waals surface area contributed by atoms with E-state index in [0.717, 1.165) is 32.3 Å². The molecule has 1 aliphatic rings. The molecule has 2 atom stereocenters. The van der Waals surface area contributed by atoms with E-state index < -0.39 is 11.8 Å². The lowest BCUT2D eigenvalue weighted by atomic mass is 9.86. The van der Waals surface area contributed by atoms with Crippen molar-refractivity contribution in [1.82, 2.24) is 0 Å². The van der Waals surface area contributed by atoms with Crippen LogP contribution < -0.4 is 0 Å². The van der Waals surface area contributed by atoms with Crippen molar-refractivity contribution in [3.05, 3.63) is 68.7 Å². The van der Waals surface area contributed by atoms with Gasteiger partial charge in [-0.2, -0.15) is 0 Å². The summed E-state index contributed by atoms with van der Waals surface area (Å²) in [5.74, 6) is -1.28. The maximum Gasteiger partial charge on any atom is 0.151 e. The number of Topliss-reactive ketones (excluding diaryl/α,β-unsaturated/α-hetero) is 3. The van der Waals surface area contributed by atoms with E-state index in [-0.39, 0.29) is 30.2 Å². The van der Waals surface area contributed by atoms with Gasteiger partial charge in [0.25, 0.3) is 0 Å². The van der Waals surface area contributed by atoms with E-state index >= 15 is 0 Å². The number of hydrogen-bond acceptors (Lipinski definition) is 3. The standard InChI is InChI=1S/C24H25BrO3/c1-14-9-15(2)22(16(3)10-14)23-21(27)13-18(24(23)28)12-20(26)8-7-17-5-4-6-19(25)11-17/h4-6,9-11,18,23H,7-8,12-13H2,1-3H3. The van der Waals surface area contributed by atoms with Gasteiger partial charge in [-0.1, -0.05) is 45.8 Å². The minimum Gasteiger partial charge on any atom is -0.300 e. The summed E-state index contributed by atoms with van der Waals surface area (Å²) in [6, 6.07) is 11.9. The molecule has 0 saturated heterocycles. The van der Waals surface area contributed by atoms with Gasteiger partial charge in [0.2, 0.25) is 0 Å². The van der Waals surface area contributed by atoms with Crippen LogP contribution in [-0.2, 0) is 20.8 Å². The van der Waals surface area contributed by atoms with Crippen molar-refractivity contribution in [1.29, 1.82) is 0 Å². The van der Waals surface area contributed by atoms with Crippen molar-refractivity contribution in [3.63, 3.8) is 0 Å². The molecule has 146 valence electrons. The normalized spacial score (nSPS) is 19.3. The number of carbonyl (C=O) groups excluding carboxylic acids is 3. The molecule has 28 heavy (non-hydrogen) atoms. The van der Waals surface area contributed by atoms with E-state index in [2.05, 4.69) is 15.9 Å².